The molecule has 1 heterocycles. The van der Waals surface area contributed by atoms with Crippen LogP contribution in [0.15, 0.2) is 29.4 Å². The zero-order valence-corrected chi connectivity index (χ0v) is 16.1. The maximum Gasteiger partial charge on any atom is 0.195 e. The molecule has 136 valence electrons. The van der Waals surface area contributed by atoms with Crippen molar-refractivity contribution in [1.82, 2.24) is 10.3 Å². The largest absolute Gasteiger partial charge is 0.493 e. The average molecular weight is 362 g/mol. The maximum atomic E-state index is 5.62. The summed E-state index contributed by atoms with van der Waals surface area (Å²) in [5, 5.41) is 7.67. The number of methoxy groups -OCH3 is 1. The maximum absolute atomic E-state index is 5.62. The van der Waals surface area contributed by atoms with Crippen molar-refractivity contribution in [1.29, 1.82) is 0 Å². The van der Waals surface area contributed by atoms with Gasteiger partial charge in [0.05, 0.1) is 18.7 Å². The molecule has 1 aromatic carbocycles. The number of ether oxygens (including phenoxy) is 2. The molecule has 0 aliphatic rings. The number of benzene rings is 1. The number of nitrogens with zero attached hydrogens (tertiary/aromatic N) is 2. The van der Waals surface area contributed by atoms with E-state index in [0.717, 1.165) is 29.6 Å². The van der Waals surface area contributed by atoms with Crippen molar-refractivity contribution in [3.63, 3.8) is 0 Å². The predicted molar refractivity (Wildman–Crippen MR) is 104 cm³/mol. The molecular weight excluding hydrogens is 336 g/mol. The van der Waals surface area contributed by atoms with E-state index < -0.39 is 0 Å². The van der Waals surface area contributed by atoms with Crippen LogP contribution in [-0.4, -0.2) is 37.7 Å². The van der Waals surface area contributed by atoms with E-state index in [1.165, 1.54) is 4.88 Å². The van der Waals surface area contributed by atoms with Crippen molar-refractivity contribution in [2.75, 3.05) is 32.1 Å². The molecule has 0 unspecified atom stereocenters. The summed E-state index contributed by atoms with van der Waals surface area (Å²) in [6, 6.07) is 5.74. The summed E-state index contributed by atoms with van der Waals surface area (Å²) in [6.45, 7) is 8.11. The minimum atomic E-state index is 0.585. The molecule has 0 saturated carbocycles. The molecule has 0 aliphatic heterocycles. The Balaban J connectivity index is 2.04. The van der Waals surface area contributed by atoms with Gasteiger partial charge in [0.15, 0.2) is 17.5 Å². The first-order valence-corrected chi connectivity index (χ1v) is 9.25. The molecular formula is C18H26N4O2S. The van der Waals surface area contributed by atoms with Crippen LogP contribution >= 0.6 is 11.3 Å². The van der Waals surface area contributed by atoms with Crippen molar-refractivity contribution in [3.8, 4) is 11.5 Å². The Bertz CT molecular complexity index is 700. The first kappa shape index (κ1) is 19.1. The van der Waals surface area contributed by atoms with Crippen molar-refractivity contribution >= 4 is 23.0 Å². The standard InChI is InChI=1S/C18H26N4O2S/c1-5-19-18(20-10-9-17-21-12-13(3)25-17)22-14-7-8-15(23-4)16(11-14)24-6-2/h7-8,11-12H,5-6,9-10H2,1-4H3,(H2,19,20,22). The molecule has 1 aromatic heterocycles. The fourth-order valence-corrected chi connectivity index (χ4v) is 3.02. The Morgan fingerprint density at radius 2 is 2.12 bits per heavy atom. The monoisotopic (exact) mass is 362 g/mol. The highest BCUT2D eigenvalue weighted by molar-refractivity contribution is 7.11. The zero-order chi connectivity index (χ0) is 18.1. The van der Waals surface area contributed by atoms with E-state index in [9.17, 15) is 0 Å². The normalized spacial score (nSPS) is 11.3. The van der Waals surface area contributed by atoms with Crippen LogP contribution in [0.3, 0.4) is 0 Å². The molecule has 6 nitrogen and oxygen atoms in total. The second-order valence-corrected chi connectivity index (χ2v) is 6.62. The van der Waals surface area contributed by atoms with Crippen molar-refractivity contribution in [2.45, 2.75) is 27.2 Å². The summed E-state index contributed by atoms with van der Waals surface area (Å²) >= 11 is 1.72. The summed E-state index contributed by atoms with van der Waals surface area (Å²) in [5.41, 5.74) is 0.897. The van der Waals surface area contributed by atoms with Gasteiger partial charge in [-0.05, 0) is 32.9 Å². The highest BCUT2D eigenvalue weighted by Crippen LogP contribution is 2.30. The van der Waals surface area contributed by atoms with Gasteiger partial charge in [0.1, 0.15) is 0 Å². The van der Waals surface area contributed by atoms with Crippen LogP contribution < -0.4 is 20.1 Å². The minimum absolute atomic E-state index is 0.585. The van der Waals surface area contributed by atoms with Gasteiger partial charge in [-0.15, -0.1) is 11.3 Å². The van der Waals surface area contributed by atoms with Crippen molar-refractivity contribution < 1.29 is 9.47 Å². The van der Waals surface area contributed by atoms with Crippen molar-refractivity contribution in [2.24, 2.45) is 4.99 Å². The molecule has 2 rings (SSSR count). The summed E-state index contributed by atoms with van der Waals surface area (Å²) < 4.78 is 10.9. The number of anilines is 1. The number of nitrogens with one attached hydrogen (secondary N) is 2. The van der Waals surface area contributed by atoms with Gasteiger partial charge in [0.2, 0.25) is 0 Å². The van der Waals surface area contributed by atoms with Crippen LogP contribution in [0.25, 0.3) is 0 Å². The van der Waals surface area contributed by atoms with Crippen LogP contribution in [0, 0.1) is 6.92 Å². The third kappa shape index (κ3) is 5.94. The second kappa shape index (κ2) is 9.88. The fourth-order valence-electron chi connectivity index (χ4n) is 2.25. The number of hydrogen-bond acceptors (Lipinski definition) is 5. The molecule has 0 spiro atoms. The van der Waals surface area contributed by atoms with E-state index in [1.807, 2.05) is 38.2 Å². The van der Waals surface area contributed by atoms with Gasteiger partial charge in [-0.25, -0.2) is 4.98 Å². The Kier molecular flexibility index (Phi) is 7.53. The van der Waals surface area contributed by atoms with Crippen LogP contribution in [0.2, 0.25) is 0 Å². The number of rotatable bonds is 8. The SMILES string of the molecule is CCNC(=NCCc1ncc(C)s1)Nc1ccc(OC)c(OCC)c1. The van der Waals surface area contributed by atoms with E-state index in [-0.39, 0.29) is 0 Å². The zero-order valence-electron chi connectivity index (χ0n) is 15.3. The lowest BCUT2D eigenvalue weighted by molar-refractivity contribution is 0.311. The first-order valence-electron chi connectivity index (χ1n) is 8.43. The van der Waals surface area contributed by atoms with Crippen LogP contribution in [-0.2, 0) is 6.42 Å². The summed E-state index contributed by atoms with van der Waals surface area (Å²) in [7, 11) is 1.64. The number of hydrogen-bond donors (Lipinski definition) is 2. The molecule has 7 heteroatoms. The second-order valence-electron chi connectivity index (χ2n) is 5.30. The Morgan fingerprint density at radius 1 is 1.28 bits per heavy atom. The molecule has 2 N–H and O–H groups in total. The predicted octanol–water partition coefficient (Wildman–Crippen LogP) is 3.48. The summed E-state index contributed by atoms with van der Waals surface area (Å²) in [4.78, 5) is 10.2. The minimum Gasteiger partial charge on any atom is -0.493 e. The third-order valence-corrected chi connectivity index (χ3v) is 4.31. The Labute approximate surface area is 153 Å². The van der Waals surface area contributed by atoms with Crippen LogP contribution in [0.4, 0.5) is 5.69 Å². The Hall–Kier alpha value is -2.28. The van der Waals surface area contributed by atoms with Gasteiger partial charge in [-0.1, -0.05) is 0 Å². The molecule has 0 radical (unpaired) electrons. The lowest BCUT2D eigenvalue weighted by Crippen LogP contribution is -2.30. The molecule has 0 amide bonds. The summed E-state index contributed by atoms with van der Waals surface area (Å²) in [6.07, 6.45) is 2.74. The van der Waals surface area contributed by atoms with Gasteiger partial charge in [0, 0.05) is 42.3 Å². The first-order chi connectivity index (χ1) is 12.2. The topological polar surface area (TPSA) is 67.8 Å². The van der Waals surface area contributed by atoms with E-state index in [4.69, 9.17) is 9.47 Å². The van der Waals surface area contributed by atoms with Gasteiger partial charge in [-0.3, -0.25) is 4.99 Å². The molecule has 25 heavy (non-hydrogen) atoms. The average Bonchev–Trinajstić information content (AvgIpc) is 3.01. The molecule has 0 aliphatic carbocycles. The third-order valence-electron chi connectivity index (χ3n) is 3.34. The number of aryl methyl sites for hydroxylation is 1. The number of guanidine groups is 1. The Morgan fingerprint density at radius 3 is 2.76 bits per heavy atom. The smallest absolute Gasteiger partial charge is 0.195 e. The van der Waals surface area contributed by atoms with E-state index in [0.29, 0.717) is 24.7 Å². The van der Waals surface area contributed by atoms with E-state index in [1.54, 1.807) is 18.4 Å². The highest BCUT2D eigenvalue weighted by atomic mass is 32.1. The van der Waals surface area contributed by atoms with Crippen LogP contribution in [0.5, 0.6) is 11.5 Å². The van der Waals surface area contributed by atoms with Crippen LogP contribution in [0.1, 0.15) is 23.7 Å². The van der Waals surface area contributed by atoms with Gasteiger partial charge >= 0.3 is 0 Å². The molecule has 0 bridgehead atoms. The van der Waals surface area contributed by atoms with Crippen molar-refractivity contribution in [3.05, 3.63) is 34.3 Å². The van der Waals surface area contributed by atoms with E-state index >= 15 is 0 Å². The lowest BCUT2D eigenvalue weighted by Gasteiger charge is -2.14. The van der Waals surface area contributed by atoms with Gasteiger partial charge in [0.25, 0.3) is 0 Å². The quantitative estimate of drug-likeness (QED) is 0.556. The summed E-state index contributed by atoms with van der Waals surface area (Å²) in [5.74, 6) is 2.17. The van der Waals surface area contributed by atoms with Gasteiger partial charge in [-0.2, -0.15) is 0 Å². The molecule has 0 saturated heterocycles. The molecule has 0 atom stereocenters. The number of aliphatic imine (C=N–C) groups is 1. The number of aromatic nitrogens is 1. The molecule has 2 aromatic rings. The van der Waals surface area contributed by atoms with E-state index in [2.05, 4.69) is 27.5 Å². The number of thiazole rings is 1. The molecule has 0 fully saturated rings. The lowest BCUT2D eigenvalue weighted by atomic mass is 10.2. The fraction of sp³-hybridized carbons (Fsp3) is 0.444. The highest BCUT2D eigenvalue weighted by Gasteiger charge is 2.07. The van der Waals surface area contributed by atoms with Gasteiger partial charge < -0.3 is 20.1 Å².